The molecule has 0 saturated carbocycles. The third-order valence-corrected chi connectivity index (χ3v) is 3.02. The Labute approximate surface area is 121 Å². The molecule has 0 aliphatic heterocycles. The van der Waals surface area contributed by atoms with Crippen LogP contribution in [0.1, 0.15) is 51.0 Å². The van der Waals surface area contributed by atoms with Gasteiger partial charge in [-0.15, -0.1) is 0 Å². The van der Waals surface area contributed by atoms with Crippen LogP contribution in [0.2, 0.25) is 0 Å². The first-order valence-corrected chi connectivity index (χ1v) is 7.45. The quantitative estimate of drug-likeness (QED) is 0.391. The molecule has 20 heavy (non-hydrogen) atoms. The largest absolute Gasteiger partial charge is 0.472 e. The Balaban J connectivity index is 2.03. The van der Waals surface area contributed by atoms with Gasteiger partial charge in [-0.05, 0) is 18.9 Å². The molecule has 0 aliphatic carbocycles. The maximum Gasteiger partial charge on any atom is 0.244 e. The van der Waals surface area contributed by atoms with Crippen molar-refractivity contribution >= 4 is 5.91 Å². The molecular formula is C17H25NO2. The lowest BCUT2D eigenvalue weighted by molar-refractivity contribution is -0.116. The van der Waals surface area contributed by atoms with E-state index in [0.29, 0.717) is 6.54 Å². The topological polar surface area (TPSA) is 42.2 Å². The monoisotopic (exact) mass is 275 g/mol. The number of nitrogens with one attached hydrogen (secondary N) is 1. The van der Waals surface area contributed by atoms with Gasteiger partial charge in [0.2, 0.25) is 5.91 Å². The predicted octanol–water partition coefficient (Wildman–Crippen LogP) is 4.37. The van der Waals surface area contributed by atoms with E-state index in [9.17, 15) is 4.79 Å². The van der Waals surface area contributed by atoms with Crippen LogP contribution in [0, 0.1) is 0 Å². The molecule has 0 fully saturated rings. The maximum atomic E-state index is 11.5. The Morgan fingerprint density at radius 3 is 2.85 bits per heavy atom. The van der Waals surface area contributed by atoms with Crippen molar-refractivity contribution in [3.8, 4) is 0 Å². The summed E-state index contributed by atoms with van der Waals surface area (Å²) in [6, 6.07) is 1.84. The fourth-order valence-electron chi connectivity index (χ4n) is 1.82. The van der Waals surface area contributed by atoms with E-state index in [1.165, 1.54) is 32.1 Å². The van der Waals surface area contributed by atoms with Crippen LogP contribution in [-0.2, 0) is 11.3 Å². The van der Waals surface area contributed by atoms with Gasteiger partial charge in [-0.3, -0.25) is 4.79 Å². The number of carbonyl (C=O) groups excluding carboxylic acids is 1. The molecule has 1 aromatic heterocycles. The SMILES string of the molecule is CCCCCCC/C=C/C=C/C(=O)NCc1ccoc1. The van der Waals surface area contributed by atoms with Gasteiger partial charge >= 0.3 is 0 Å². The minimum absolute atomic E-state index is 0.0844. The molecule has 1 amide bonds. The lowest BCUT2D eigenvalue weighted by atomic mass is 10.1. The van der Waals surface area contributed by atoms with Gasteiger partial charge in [-0.1, -0.05) is 50.8 Å². The second-order valence-corrected chi connectivity index (χ2v) is 4.84. The van der Waals surface area contributed by atoms with Crippen molar-refractivity contribution in [1.82, 2.24) is 5.32 Å². The van der Waals surface area contributed by atoms with Gasteiger partial charge in [-0.25, -0.2) is 0 Å². The van der Waals surface area contributed by atoms with Crippen LogP contribution in [0.15, 0.2) is 47.3 Å². The van der Waals surface area contributed by atoms with E-state index in [1.807, 2.05) is 12.1 Å². The van der Waals surface area contributed by atoms with Crippen LogP contribution in [0.3, 0.4) is 0 Å². The average molecular weight is 275 g/mol. The van der Waals surface area contributed by atoms with Gasteiger partial charge in [0.05, 0.1) is 12.5 Å². The van der Waals surface area contributed by atoms with Crippen LogP contribution in [-0.4, -0.2) is 5.91 Å². The van der Waals surface area contributed by atoms with E-state index in [4.69, 9.17) is 4.42 Å². The van der Waals surface area contributed by atoms with Crippen molar-refractivity contribution in [2.24, 2.45) is 0 Å². The van der Waals surface area contributed by atoms with E-state index >= 15 is 0 Å². The molecule has 3 heteroatoms. The van der Waals surface area contributed by atoms with Crippen LogP contribution in [0.5, 0.6) is 0 Å². The summed E-state index contributed by atoms with van der Waals surface area (Å²) in [5.74, 6) is -0.0844. The number of hydrogen-bond acceptors (Lipinski definition) is 2. The molecule has 0 aliphatic rings. The first kappa shape index (κ1) is 16.3. The lowest BCUT2D eigenvalue weighted by Crippen LogP contribution is -2.19. The summed E-state index contributed by atoms with van der Waals surface area (Å²) in [5, 5.41) is 2.79. The number of amides is 1. The summed E-state index contributed by atoms with van der Waals surface area (Å²) in [7, 11) is 0. The summed E-state index contributed by atoms with van der Waals surface area (Å²) in [5.41, 5.74) is 0.967. The van der Waals surface area contributed by atoms with E-state index in [-0.39, 0.29) is 5.91 Å². The zero-order chi connectivity index (χ0) is 14.5. The zero-order valence-corrected chi connectivity index (χ0v) is 12.3. The van der Waals surface area contributed by atoms with Crippen LogP contribution >= 0.6 is 0 Å². The lowest BCUT2D eigenvalue weighted by Gasteiger charge is -1.97. The molecule has 0 saturated heterocycles. The highest BCUT2D eigenvalue weighted by molar-refractivity contribution is 5.87. The van der Waals surface area contributed by atoms with Crippen molar-refractivity contribution < 1.29 is 9.21 Å². The number of furan rings is 1. The number of allylic oxidation sites excluding steroid dienone is 3. The minimum atomic E-state index is -0.0844. The Bertz CT molecular complexity index is 405. The Kier molecular flexibility index (Phi) is 9.03. The van der Waals surface area contributed by atoms with E-state index in [1.54, 1.807) is 24.7 Å². The molecule has 0 spiro atoms. The summed E-state index contributed by atoms with van der Waals surface area (Å²) in [4.78, 5) is 11.5. The molecule has 0 aromatic carbocycles. The second kappa shape index (κ2) is 11.1. The minimum Gasteiger partial charge on any atom is -0.472 e. The van der Waals surface area contributed by atoms with Gasteiger partial charge in [0, 0.05) is 18.2 Å². The highest BCUT2D eigenvalue weighted by Gasteiger charge is 1.96. The fraction of sp³-hybridized carbons (Fsp3) is 0.471. The van der Waals surface area contributed by atoms with E-state index < -0.39 is 0 Å². The predicted molar refractivity (Wildman–Crippen MR) is 82.2 cm³/mol. The van der Waals surface area contributed by atoms with Gasteiger partial charge in [0.15, 0.2) is 0 Å². The van der Waals surface area contributed by atoms with Gasteiger partial charge in [0.1, 0.15) is 0 Å². The molecule has 1 rings (SSSR count). The summed E-state index contributed by atoms with van der Waals surface area (Å²) in [6.07, 6.45) is 18.2. The summed E-state index contributed by atoms with van der Waals surface area (Å²) < 4.78 is 4.93. The molecule has 1 N–H and O–H groups in total. The van der Waals surface area contributed by atoms with Crippen molar-refractivity contribution in [1.29, 1.82) is 0 Å². The first-order chi connectivity index (χ1) is 9.83. The standard InChI is InChI=1S/C17H25NO2/c1-2-3-4-5-6-7-8-9-10-11-17(19)18-14-16-12-13-20-15-16/h8-13,15H,2-7,14H2,1H3,(H,18,19)/b9-8+,11-10+. The molecule has 0 radical (unpaired) electrons. The van der Waals surface area contributed by atoms with Crippen molar-refractivity contribution in [2.75, 3.05) is 0 Å². The molecule has 0 unspecified atom stereocenters. The Morgan fingerprint density at radius 2 is 2.10 bits per heavy atom. The second-order valence-electron chi connectivity index (χ2n) is 4.84. The van der Waals surface area contributed by atoms with Crippen molar-refractivity contribution in [3.63, 3.8) is 0 Å². The van der Waals surface area contributed by atoms with Gasteiger partial charge in [0.25, 0.3) is 0 Å². The highest BCUT2D eigenvalue weighted by atomic mass is 16.3. The fourth-order valence-corrected chi connectivity index (χ4v) is 1.82. The first-order valence-electron chi connectivity index (χ1n) is 7.45. The Hall–Kier alpha value is -1.77. The third-order valence-electron chi connectivity index (χ3n) is 3.02. The molecule has 0 bridgehead atoms. The van der Waals surface area contributed by atoms with Crippen LogP contribution < -0.4 is 5.32 Å². The average Bonchev–Trinajstić information content (AvgIpc) is 2.96. The van der Waals surface area contributed by atoms with Crippen molar-refractivity contribution in [3.05, 3.63) is 48.5 Å². The van der Waals surface area contributed by atoms with Gasteiger partial charge < -0.3 is 9.73 Å². The molecule has 1 aromatic rings. The summed E-state index contributed by atoms with van der Waals surface area (Å²) >= 11 is 0. The molecule has 110 valence electrons. The van der Waals surface area contributed by atoms with Gasteiger partial charge in [-0.2, -0.15) is 0 Å². The molecule has 3 nitrogen and oxygen atoms in total. The van der Waals surface area contributed by atoms with E-state index in [0.717, 1.165) is 12.0 Å². The third kappa shape index (κ3) is 8.35. The highest BCUT2D eigenvalue weighted by Crippen LogP contribution is 2.05. The molecule has 1 heterocycles. The number of hydrogen-bond donors (Lipinski definition) is 1. The maximum absolute atomic E-state index is 11.5. The van der Waals surface area contributed by atoms with Crippen LogP contribution in [0.25, 0.3) is 0 Å². The zero-order valence-electron chi connectivity index (χ0n) is 12.3. The normalized spacial score (nSPS) is 11.4. The van der Waals surface area contributed by atoms with E-state index in [2.05, 4.69) is 18.3 Å². The van der Waals surface area contributed by atoms with Crippen LogP contribution in [0.4, 0.5) is 0 Å². The molecule has 0 atom stereocenters. The Morgan fingerprint density at radius 1 is 1.25 bits per heavy atom. The molecular weight excluding hydrogens is 250 g/mol. The van der Waals surface area contributed by atoms with Crippen molar-refractivity contribution in [2.45, 2.75) is 52.0 Å². The summed E-state index contributed by atoms with van der Waals surface area (Å²) in [6.45, 7) is 2.73. The number of unbranched alkanes of at least 4 members (excludes halogenated alkanes) is 5. The number of carbonyl (C=O) groups is 1. The number of rotatable bonds is 10. The smallest absolute Gasteiger partial charge is 0.244 e.